The first-order valence-corrected chi connectivity index (χ1v) is 18.2. The number of alkyl carbamates (subject to hydrolysis) is 1. The fraction of sp³-hybridized carbons (Fsp3) is 0.474. The van der Waals surface area contributed by atoms with Crippen molar-refractivity contribution in [3.63, 3.8) is 0 Å². The zero-order chi connectivity index (χ0) is 41.6. The van der Waals surface area contributed by atoms with Gasteiger partial charge in [-0.15, -0.1) is 0 Å². The third-order valence-corrected chi connectivity index (χ3v) is 8.99. The number of rotatable bonds is 14. The highest BCUT2D eigenvalue weighted by atomic mass is 16.7. The lowest BCUT2D eigenvalue weighted by atomic mass is 9.96. The largest absolute Gasteiger partial charge is 0.463 e. The van der Waals surface area contributed by atoms with Crippen LogP contribution in [0.25, 0.3) is 10.8 Å². The molecule has 0 spiro atoms. The van der Waals surface area contributed by atoms with E-state index in [4.69, 9.17) is 28.4 Å². The number of aliphatic hydroxyl groups is 1. The molecule has 57 heavy (non-hydrogen) atoms. The molecule has 0 saturated carbocycles. The number of nitrogens with zero attached hydrogens (tertiary/aromatic N) is 3. The van der Waals surface area contributed by atoms with Gasteiger partial charge in [-0.1, -0.05) is 71.9 Å². The molecule has 19 heteroatoms. The van der Waals surface area contributed by atoms with Crippen LogP contribution < -0.4 is 21.5 Å². The van der Waals surface area contributed by atoms with E-state index < -0.39 is 90.3 Å². The Balaban J connectivity index is 1.34. The highest BCUT2D eigenvalue weighted by Crippen LogP contribution is 2.47. The Kier molecular flexibility index (Phi) is 13.1. The van der Waals surface area contributed by atoms with Crippen LogP contribution in [0.2, 0.25) is 0 Å². The van der Waals surface area contributed by atoms with E-state index in [1.54, 1.807) is 65.8 Å². The van der Waals surface area contributed by atoms with E-state index in [0.29, 0.717) is 0 Å². The molecule has 3 aromatic rings. The van der Waals surface area contributed by atoms with Gasteiger partial charge in [0.25, 0.3) is 5.56 Å². The monoisotopic (exact) mass is 794 g/mol. The van der Waals surface area contributed by atoms with Gasteiger partial charge in [0.2, 0.25) is 6.79 Å². The molecule has 4 heterocycles. The predicted molar refractivity (Wildman–Crippen MR) is 202 cm³/mol. The number of carbonyl (C=O) groups excluding carboxylic acids is 5. The molecule has 19 nitrogen and oxygen atoms in total. The average Bonchev–Trinajstić information content (AvgIpc) is 3.61. The topological polar surface area (TPSA) is 244 Å². The summed E-state index contributed by atoms with van der Waals surface area (Å²) in [5, 5.41) is 20.1. The minimum absolute atomic E-state index is 0.0208. The molecular weight excluding hydrogens is 748 g/mol. The molecule has 2 aromatic heterocycles. The maximum absolute atomic E-state index is 13.0. The summed E-state index contributed by atoms with van der Waals surface area (Å²) >= 11 is 0. The number of esters is 3. The summed E-state index contributed by atoms with van der Waals surface area (Å²) < 4.78 is 34.2. The fourth-order valence-electron chi connectivity index (χ4n) is 5.94. The molecule has 306 valence electrons. The molecule has 1 fully saturated rings. The Morgan fingerprint density at radius 1 is 0.947 bits per heavy atom. The van der Waals surface area contributed by atoms with Crippen LogP contribution in [-0.2, 0) is 49.4 Å². The van der Waals surface area contributed by atoms with E-state index in [0.717, 1.165) is 11.6 Å². The number of aliphatic imine (C=N–C) groups is 1. The summed E-state index contributed by atoms with van der Waals surface area (Å²) in [6, 6.07) is 8.83. The van der Waals surface area contributed by atoms with Gasteiger partial charge in [-0.3, -0.25) is 19.7 Å². The average molecular weight is 795 g/mol. The van der Waals surface area contributed by atoms with Gasteiger partial charge in [0.05, 0.1) is 29.2 Å². The van der Waals surface area contributed by atoms with E-state index in [2.05, 4.69) is 25.9 Å². The highest BCUT2D eigenvalue weighted by Gasteiger charge is 2.57. The normalized spacial score (nSPS) is 20.2. The SMILES string of the molecule is CC(C)C(=O)OCC1OC(n2cc3c(NC(=O)OCOC(=O)C(NC(=O)OCc4ccccc4)C(C)C)cc(=O)nc4c3c2N=CN4)C(C)(O)C1OC(=O)C(C)C. The van der Waals surface area contributed by atoms with Crippen LogP contribution >= 0.6 is 0 Å². The van der Waals surface area contributed by atoms with Gasteiger partial charge in [-0.25, -0.2) is 19.4 Å². The van der Waals surface area contributed by atoms with Crippen molar-refractivity contribution >= 4 is 64.5 Å². The Morgan fingerprint density at radius 2 is 1.65 bits per heavy atom. The van der Waals surface area contributed by atoms with Crippen LogP contribution in [0.15, 0.2) is 52.4 Å². The zero-order valence-corrected chi connectivity index (χ0v) is 32.5. The van der Waals surface area contributed by atoms with Crippen LogP contribution in [0.1, 0.15) is 60.3 Å². The fourth-order valence-corrected chi connectivity index (χ4v) is 5.94. The third kappa shape index (κ3) is 9.84. The standard InChI is InChI=1S/C38H46N6O13/c1-19(2)28(43-37(50)53-15-22-11-9-8-10-12-22)34(48)54-18-55-36(49)41-24-13-26(45)42-30-27-23(24)14-44(31(27)40-17-39-30)35-38(7,51)29(57-33(47)21(5)6)25(56-35)16-52-32(46)20(3)4/h8-14,17,19-21,25,28-29,35,51H,15-16,18H2,1-7H3,(H,41,49)(H,43,50)(H,39,40,42,45). The van der Waals surface area contributed by atoms with Gasteiger partial charge in [0.1, 0.15) is 42.6 Å². The molecule has 1 saturated heterocycles. The van der Waals surface area contributed by atoms with Crippen molar-refractivity contribution in [2.45, 2.75) is 85.2 Å². The first-order chi connectivity index (χ1) is 27.0. The predicted octanol–water partition coefficient (Wildman–Crippen LogP) is 3.90. The number of carbonyl (C=O) groups is 5. The molecular formula is C38H46N6O13. The number of amides is 2. The van der Waals surface area contributed by atoms with E-state index in [1.165, 1.54) is 24.0 Å². The summed E-state index contributed by atoms with van der Waals surface area (Å²) in [6.45, 7) is 10.0. The summed E-state index contributed by atoms with van der Waals surface area (Å²) in [6.07, 6.45) is -3.01. The van der Waals surface area contributed by atoms with E-state index in [1.807, 2.05) is 6.07 Å². The number of hydrogen-bond donors (Lipinski definition) is 4. The summed E-state index contributed by atoms with van der Waals surface area (Å²) in [7, 11) is 0. The number of nitrogens with one attached hydrogen (secondary N) is 3. The molecule has 0 bridgehead atoms. The van der Waals surface area contributed by atoms with E-state index in [9.17, 15) is 33.9 Å². The second-order valence-corrected chi connectivity index (χ2v) is 14.5. The molecule has 2 aliphatic rings. The molecule has 0 aliphatic carbocycles. The van der Waals surface area contributed by atoms with Gasteiger partial charge < -0.3 is 48.7 Å². The Hall–Kier alpha value is -6.08. The van der Waals surface area contributed by atoms with Crippen LogP contribution in [0.3, 0.4) is 0 Å². The minimum atomic E-state index is -1.94. The van der Waals surface area contributed by atoms with Crippen LogP contribution in [-0.4, -0.2) is 88.3 Å². The Bertz CT molecular complexity index is 2080. The quantitative estimate of drug-likeness (QED) is 0.103. The first kappa shape index (κ1) is 42.1. The first-order valence-electron chi connectivity index (χ1n) is 18.2. The molecule has 4 N–H and O–H groups in total. The molecule has 2 aliphatic heterocycles. The van der Waals surface area contributed by atoms with Crippen molar-refractivity contribution in [2.24, 2.45) is 22.7 Å². The van der Waals surface area contributed by atoms with Crippen molar-refractivity contribution in [2.75, 3.05) is 24.0 Å². The molecule has 2 amide bonds. The highest BCUT2D eigenvalue weighted by molar-refractivity contribution is 6.12. The van der Waals surface area contributed by atoms with Gasteiger partial charge in [-0.05, 0) is 18.4 Å². The number of aromatic nitrogens is 2. The number of anilines is 2. The number of hydrogen-bond acceptors (Lipinski definition) is 16. The second-order valence-electron chi connectivity index (χ2n) is 14.5. The van der Waals surface area contributed by atoms with Crippen molar-refractivity contribution < 1.29 is 57.5 Å². The molecule has 5 atom stereocenters. The third-order valence-electron chi connectivity index (χ3n) is 8.99. The lowest BCUT2D eigenvalue weighted by Gasteiger charge is -2.31. The van der Waals surface area contributed by atoms with Crippen LogP contribution in [0.5, 0.6) is 0 Å². The van der Waals surface area contributed by atoms with Crippen molar-refractivity contribution in [3.05, 3.63) is 58.5 Å². The smallest absolute Gasteiger partial charge is 0.414 e. The summed E-state index contributed by atoms with van der Waals surface area (Å²) in [5.74, 6) is -3.29. The second kappa shape index (κ2) is 17.8. The van der Waals surface area contributed by atoms with Crippen LogP contribution in [0, 0.1) is 17.8 Å². The molecule has 5 unspecified atom stereocenters. The minimum Gasteiger partial charge on any atom is -0.463 e. The Labute approximate surface area is 327 Å². The number of ether oxygens (including phenoxy) is 6. The number of benzene rings is 1. The van der Waals surface area contributed by atoms with Gasteiger partial charge in [-0.2, -0.15) is 4.98 Å². The van der Waals surface area contributed by atoms with Crippen LogP contribution in [0.4, 0.5) is 26.9 Å². The zero-order valence-electron chi connectivity index (χ0n) is 32.5. The van der Waals surface area contributed by atoms with Gasteiger partial charge >= 0.3 is 30.1 Å². The Morgan fingerprint density at radius 3 is 2.32 bits per heavy atom. The van der Waals surface area contributed by atoms with Crippen molar-refractivity contribution in [1.82, 2.24) is 14.9 Å². The van der Waals surface area contributed by atoms with Crippen molar-refractivity contribution in [3.8, 4) is 0 Å². The maximum atomic E-state index is 13.0. The van der Waals surface area contributed by atoms with Crippen molar-refractivity contribution in [1.29, 1.82) is 0 Å². The lowest BCUT2D eigenvalue weighted by molar-refractivity contribution is -0.169. The molecule has 0 radical (unpaired) electrons. The van der Waals surface area contributed by atoms with Gasteiger partial charge in [0, 0.05) is 17.6 Å². The van der Waals surface area contributed by atoms with Gasteiger partial charge in [0.15, 0.2) is 12.3 Å². The van der Waals surface area contributed by atoms with E-state index in [-0.39, 0.29) is 41.3 Å². The summed E-state index contributed by atoms with van der Waals surface area (Å²) in [4.78, 5) is 84.8. The molecule has 5 rings (SSSR count). The summed E-state index contributed by atoms with van der Waals surface area (Å²) in [5.41, 5.74) is -2.06. The molecule has 1 aromatic carbocycles. The maximum Gasteiger partial charge on any atom is 0.414 e. The lowest BCUT2D eigenvalue weighted by Crippen LogP contribution is -2.48. The van der Waals surface area contributed by atoms with E-state index >= 15 is 0 Å².